The molecular weight excluding hydrogens is 328 g/mol. The zero-order valence-corrected chi connectivity index (χ0v) is 12.1. The van der Waals surface area contributed by atoms with Gasteiger partial charge in [0, 0.05) is 6.54 Å². The fourth-order valence-corrected chi connectivity index (χ4v) is 2.51. The third kappa shape index (κ3) is 3.37. The fraction of sp³-hybridized carbons (Fsp3) is 0.500. The first kappa shape index (κ1) is 17.4. The van der Waals surface area contributed by atoms with Crippen molar-refractivity contribution in [2.75, 3.05) is 6.54 Å². The third-order valence-corrected chi connectivity index (χ3v) is 3.67. The van der Waals surface area contributed by atoms with Crippen LogP contribution in [0.4, 0.5) is 31.1 Å². The molecule has 2 atom stereocenters. The number of benzene rings is 1. The molecule has 1 aliphatic rings. The minimum atomic E-state index is -4.94. The van der Waals surface area contributed by atoms with Crippen molar-refractivity contribution >= 4 is 6.09 Å². The van der Waals surface area contributed by atoms with Gasteiger partial charge < -0.3 is 9.64 Å². The van der Waals surface area contributed by atoms with E-state index in [1.54, 1.807) is 6.92 Å². The van der Waals surface area contributed by atoms with E-state index in [4.69, 9.17) is 4.74 Å². The number of likely N-dealkylation sites (N-methyl/N-ethyl adjacent to an activating group) is 1. The Morgan fingerprint density at radius 1 is 1.04 bits per heavy atom. The molecule has 128 valence electrons. The summed E-state index contributed by atoms with van der Waals surface area (Å²) < 4.78 is 82.1. The Kier molecular flexibility index (Phi) is 4.25. The van der Waals surface area contributed by atoms with Crippen LogP contribution >= 0.6 is 0 Å². The molecule has 1 aromatic carbocycles. The molecule has 0 unspecified atom stereocenters. The zero-order valence-electron chi connectivity index (χ0n) is 12.1. The van der Waals surface area contributed by atoms with E-state index in [2.05, 4.69) is 0 Å². The first-order valence-corrected chi connectivity index (χ1v) is 6.71. The summed E-state index contributed by atoms with van der Waals surface area (Å²) >= 11 is 0. The van der Waals surface area contributed by atoms with E-state index in [9.17, 15) is 31.1 Å². The van der Waals surface area contributed by atoms with E-state index in [0.717, 1.165) is 0 Å². The molecule has 3 nitrogen and oxygen atoms in total. The van der Waals surface area contributed by atoms with Crippen molar-refractivity contribution in [3.05, 3.63) is 34.9 Å². The number of hydrogen-bond acceptors (Lipinski definition) is 2. The van der Waals surface area contributed by atoms with Crippen LogP contribution < -0.4 is 0 Å². The average Bonchev–Trinajstić information content (AvgIpc) is 2.71. The van der Waals surface area contributed by atoms with Crippen molar-refractivity contribution in [1.82, 2.24) is 4.90 Å². The summed E-state index contributed by atoms with van der Waals surface area (Å²) in [4.78, 5) is 12.9. The van der Waals surface area contributed by atoms with E-state index in [0.29, 0.717) is 12.1 Å². The maximum Gasteiger partial charge on any atom is 0.416 e. The molecule has 0 bridgehead atoms. The number of rotatable bonds is 2. The Hall–Kier alpha value is -1.93. The molecule has 0 saturated carbocycles. The molecule has 1 amide bonds. The van der Waals surface area contributed by atoms with Gasteiger partial charge in [-0.05, 0) is 37.6 Å². The number of nitrogens with zero attached hydrogens (tertiary/aromatic N) is 1. The van der Waals surface area contributed by atoms with E-state index < -0.39 is 41.7 Å². The van der Waals surface area contributed by atoms with Crippen molar-refractivity contribution in [3.63, 3.8) is 0 Å². The summed E-state index contributed by atoms with van der Waals surface area (Å²) in [6.45, 7) is 3.38. The monoisotopic (exact) mass is 341 g/mol. The van der Waals surface area contributed by atoms with Crippen LogP contribution in [-0.2, 0) is 17.1 Å². The lowest BCUT2D eigenvalue weighted by atomic mass is 9.97. The molecule has 1 aromatic rings. The minimum absolute atomic E-state index is 0.0442. The van der Waals surface area contributed by atoms with Crippen molar-refractivity contribution in [2.45, 2.75) is 38.3 Å². The summed E-state index contributed by atoms with van der Waals surface area (Å²) in [6, 6.07) is 0.547. The molecule has 23 heavy (non-hydrogen) atoms. The van der Waals surface area contributed by atoms with Crippen molar-refractivity contribution in [1.29, 1.82) is 0 Å². The number of carbonyl (C=O) groups is 1. The predicted molar refractivity (Wildman–Crippen MR) is 67.5 cm³/mol. The van der Waals surface area contributed by atoms with Gasteiger partial charge in [-0.1, -0.05) is 0 Å². The summed E-state index contributed by atoms with van der Waals surface area (Å²) in [5, 5.41) is 0. The number of amides is 1. The molecule has 9 heteroatoms. The molecule has 1 heterocycles. The van der Waals surface area contributed by atoms with Crippen LogP contribution in [0.25, 0.3) is 0 Å². The number of cyclic esters (lactones) is 1. The summed E-state index contributed by atoms with van der Waals surface area (Å²) in [5.74, 6) is 0. The normalized spacial score (nSPS) is 22.4. The maximum absolute atomic E-state index is 12.9. The summed E-state index contributed by atoms with van der Waals surface area (Å²) in [5.41, 5.74) is -3.19. The van der Waals surface area contributed by atoms with Gasteiger partial charge in [-0.2, -0.15) is 26.3 Å². The highest BCUT2D eigenvalue weighted by Crippen LogP contribution is 2.40. The Labute approximate surface area is 127 Å². The third-order valence-electron chi connectivity index (χ3n) is 3.67. The highest BCUT2D eigenvalue weighted by atomic mass is 19.4. The Morgan fingerprint density at radius 2 is 1.52 bits per heavy atom. The molecule has 0 aromatic heterocycles. The SMILES string of the molecule is CCN1C(=O)O[C@@H](c2cc(C(F)(F)F)cc(C(F)(F)F)c2)[C@@H]1C. The number of ether oxygens (including phenoxy) is 1. The molecule has 0 spiro atoms. The minimum Gasteiger partial charge on any atom is -0.439 e. The Balaban J connectivity index is 2.52. The number of halogens is 6. The van der Waals surface area contributed by atoms with Gasteiger partial charge in [-0.3, -0.25) is 0 Å². The smallest absolute Gasteiger partial charge is 0.416 e. The maximum atomic E-state index is 12.9. The van der Waals surface area contributed by atoms with Gasteiger partial charge in [0.1, 0.15) is 6.10 Å². The molecule has 2 rings (SSSR count). The lowest BCUT2D eigenvalue weighted by Gasteiger charge is -2.21. The molecule has 0 aliphatic carbocycles. The van der Waals surface area contributed by atoms with Gasteiger partial charge in [0.25, 0.3) is 0 Å². The first-order chi connectivity index (χ1) is 10.4. The van der Waals surface area contributed by atoms with Crippen molar-refractivity contribution in [3.8, 4) is 0 Å². The average molecular weight is 341 g/mol. The lowest BCUT2D eigenvalue weighted by Crippen LogP contribution is -2.31. The summed E-state index contributed by atoms with van der Waals surface area (Å²) in [7, 11) is 0. The summed E-state index contributed by atoms with van der Waals surface area (Å²) in [6.07, 6.45) is -11.8. The highest BCUT2D eigenvalue weighted by molar-refractivity contribution is 5.71. The Bertz CT molecular complexity index is 578. The number of hydrogen-bond donors (Lipinski definition) is 0. The van der Waals surface area contributed by atoms with Gasteiger partial charge in [0.15, 0.2) is 0 Å². The fourth-order valence-electron chi connectivity index (χ4n) is 2.51. The second-order valence-electron chi connectivity index (χ2n) is 5.17. The molecule has 0 N–H and O–H groups in total. The predicted octanol–water partition coefficient (Wildman–Crippen LogP) is 4.63. The standard InChI is InChI=1S/C14H13F6NO2/c1-3-21-7(2)11(23-12(21)22)8-4-9(13(15,16)17)6-10(5-8)14(18,19)20/h4-7,11H,3H2,1-2H3/t7-,11+/m0/s1. The van der Waals surface area contributed by atoms with Crippen LogP contribution in [0.5, 0.6) is 0 Å². The van der Waals surface area contributed by atoms with Crippen LogP contribution in [0.15, 0.2) is 18.2 Å². The van der Waals surface area contributed by atoms with E-state index in [1.165, 1.54) is 11.8 Å². The molecule has 0 radical (unpaired) electrons. The first-order valence-electron chi connectivity index (χ1n) is 6.71. The Morgan fingerprint density at radius 3 is 1.87 bits per heavy atom. The largest absolute Gasteiger partial charge is 0.439 e. The van der Waals surface area contributed by atoms with Gasteiger partial charge in [0.2, 0.25) is 0 Å². The van der Waals surface area contributed by atoms with Gasteiger partial charge in [-0.15, -0.1) is 0 Å². The van der Waals surface area contributed by atoms with Crippen molar-refractivity contribution in [2.24, 2.45) is 0 Å². The lowest BCUT2D eigenvalue weighted by molar-refractivity contribution is -0.143. The van der Waals surface area contributed by atoms with Crippen molar-refractivity contribution < 1.29 is 35.9 Å². The van der Waals surface area contributed by atoms with Crippen LogP contribution in [0.2, 0.25) is 0 Å². The van der Waals surface area contributed by atoms with Crippen LogP contribution in [-0.4, -0.2) is 23.6 Å². The molecular formula is C14H13F6NO2. The molecule has 1 saturated heterocycles. The van der Waals surface area contributed by atoms with E-state index in [-0.39, 0.29) is 18.2 Å². The quantitative estimate of drug-likeness (QED) is 0.734. The molecule has 1 fully saturated rings. The van der Waals surface area contributed by atoms with Gasteiger partial charge >= 0.3 is 18.4 Å². The second-order valence-corrected chi connectivity index (χ2v) is 5.17. The molecule has 1 aliphatic heterocycles. The van der Waals surface area contributed by atoms with Crippen LogP contribution in [0, 0.1) is 0 Å². The second kappa shape index (κ2) is 5.61. The van der Waals surface area contributed by atoms with E-state index in [1.807, 2.05) is 0 Å². The van der Waals surface area contributed by atoms with E-state index >= 15 is 0 Å². The topological polar surface area (TPSA) is 29.5 Å². The van der Waals surface area contributed by atoms with Gasteiger partial charge in [0.05, 0.1) is 17.2 Å². The number of carbonyl (C=O) groups excluding carboxylic acids is 1. The van der Waals surface area contributed by atoms with Gasteiger partial charge in [-0.25, -0.2) is 4.79 Å². The highest BCUT2D eigenvalue weighted by Gasteiger charge is 2.42. The van der Waals surface area contributed by atoms with Crippen LogP contribution in [0.1, 0.15) is 36.6 Å². The number of alkyl halides is 6. The van der Waals surface area contributed by atoms with Crippen LogP contribution in [0.3, 0.4) is 0 Å². The zero-order chi connectivity index (χ0) is 17.6.